The molecule has 1 fully saturated rings. The molecule has 1 saturated heterocycles. The highest BCUT2D eigenvalue weighted by Crippen LogP contribution is 2.28. The van der Waals surface area contributed by atoms with Crippen molar-refractivity contribution >= 4 is 38.9 Å². The van der Waals surface area contributed by atoms with E-state index >= 15 is 0 Å². The van der Waals surface area contributed by atoms with Gasteiger partial charge in [0.2, 0.25) is 21.8 Å². The van der Waals surface area contributed by atoms with Crippen LogP contribution in [0.25, 0.3) is 0 Å². The summed E-state index contributed by atoms with van der Waals surface area (Å²) < 4.78 is 51.7. The van der Waals surface area contributed by atoms with Gasteiger partial charge in [-0.2, -0.15) is 0 Å². The maximum absolute atomic E-state index is 13.9. The fraction of sp³-hybridized carbons (Fsp3) is 0.222. The molecule has 0 spiro atoms. The number of rotatable bonds is 5. The van der Waals surface area contributed by atoms with Crippen LogP contribution in [-0.2, 0) is 19.6 Å². The standard InChI is InChI=1S/C18H17F2N3O4S/c1-28(26,27)22-14-5-3-13(4-6-14)21-18(25)11-8-17(24)23(10-11)16-7-2-12(19)9-15(16)20/h2-7,9,11,22H,8,10H2,1H3,(H,21,25). The highest BCUT2D eigenvalue weighted by atomic mass is 32.2. The van der Waals surface area contributed by atoms with Gasteiger partial charge in [-0.1, -0.05) is 0 Å². The first-order valence-corrected chi connectivity index (χ1v) is 10.2. The second kappa shape index (κ2) is 7.55. The van der Waals surface area contributed by atoms with Gasteiger partial charge in [0.25, 0.3) is 0 Å². The predicted octanol–water partition coefficient (Wildman–Crippen LogP) is 2.33. The maximum Gasteiger partial charge on any atom is 0.229 e. The number of sulfonamides is 1. The minimum Gasteiger partial charge on any atom is -0.326 e. The minimum absolute atomic E-state index is 0.0268. The summed E-state index contributed by atoms with van der Waals surface area (Å²) >= 11 is 0. The van der Waals surface area contributed by atoms with E-state index in [-0.39, 0.29) is 18.7 Å². The average Bonchev–Trinajstić information content (AvgIpc) is 2.97. The molecule has 2 N–H and O–H groups in total. The fourth-order valence-corrected chi connectivity index (χ4v) is 3.46. The van der Waals surface area contributed by atoms with E-state index in [1.54, 1.807) is 0 Å². The molecular formula is C18H17F2N3O4S. The lowest BCUT2D eigenvalue weighted by Crippen LogP contribution is -2.28. The van der Waals surface area contributed by atoms with Crippen molar-refractivity contribution in [2.45, 2.75) is 6.42 Å². The van der Waals surface area contributed by atoms with Crippen LogP contribution in [0, 0.1) is 17.6 Å². The van der Waals surface area contributed by atoms with E-state index in [9.17, 15) is 26.8 Å². The number of anilines is 3. The monoisotopic (exact) mass is 409 g/mol. The van der Waals surface area contributed by atoms with Crippen LogP contribution in [0.3, 0.4) is 0 Å². The smallest absolute Gasteiger partial charge is 0.229 e. The zero-order valence-electron chi connectivity index (χ0n) is 14.8. The summed E-state index contributed by atoms with van der Waals surface area (Å²) in [6.07, 6.45) is 0.922. The molecule has 10 heteroatoms. The summed E-state index contributed by atoms with van der Waals surface area (Å²) in [4.78, 5) is 25.7. The van der Waals surface area contributed by atoms with Gasteiger partial charge >= 0.3 is 0 Å². The molecule has 1 unspecified atom stereocenters. The first kappa shape index (κ1) is 19.7. The second-order valence-corrected chi connectivity index (χ2v) is 8.19. The fourth-order valence-electron chi connectivity index (χ4n) is 2.90. The van der Waals surface area contributed by atoms with Crippen LogP contribution in [0.2, 0.25) is 0 Å². The molecule has 7 nitrogen and oxygen atoms in total. The Labute approximate surface area is 160 Å². The van der Waals surface area contributed by atoms with E-state index < -0.39 is 39.4 Å². The van der Waals surface area contributed by atoms with Crippen LogP contribution < -0.4 is 14.9 Å². The van der Waals surface area contributed by atoms with Gasteiger partial charge < -0.3 is 10.2 Å². The van der Waals surface area contributed by atoms with Gasteiger partial charge in [0.1, 0.15) is 11.6 Å². The molecular weight excluding hydrogens is 392 g/mol. The molecule has 3 rings (SSSR count). The van der Waals surface area contributed by atoms with Gasteiger partial charge in [-0.3, -0.25) is 14.3 Å². The van der Waals surface area contributed by atoms with Gasteiger partial charge in [-0.05, 0) is 36.4 Å². The molecule has 2 aromatic carbocycles. The van der Waals surface area contributed by atoms with Crippen molar-refractivity contribution in [2.75, 3.05) is 27.7 Å². The third-order valence-corrected chi connectivity index (χ3v) is 4.76. The van der Waals surface area contributed by atoms with E-state index in [0.717, 1.165) is 23.3 Å². The van der Waals surface area contributed by atoms with E-state index in [1.165, 1.54) is 24.3 Å². The van der Waals surface area contributed by atoms with Crippen molar-refractivity contribution in [3.63, 3.8) is 0 Å². The summed E-state index contributed by atoms with van der Waals surface area (Å²) in [6, 6.07) is 8.89. The molecule has 2 aromatic rings. The number of hydrogen-bond donors (Lipinski definition) is 2. The van der Waals surface area contributed by atoms with Crippen LogP contribution >= 0.6 is 0 Å². The average molecular weight is 409 g/mol. The summed E-state index contributed by atoms with van der Waals surface area (Å²) in [5, 5.41) is 2.64. The highest BCUT2D eigenvalue weighted by Gasteiger charge is 2.36. The summed E-state index contributed by atoms with van der Waals surface area (Å²) in [5.41, 5.74) is 0.690. The molecule has 2 amide bonds. The quantitative estimate of drug-likeness (QED) is 0.792. The Balaban J connectivity index is 1.66. The first-order chi connectivity index (χ1) is 13.1. The number of carbonyl (C=O) groups excluding carboxylic acids is 2. The zero-order chi connectivity index (χ0) is 20.5. The molecule has 1 atom stereocenters. The van der Waals surface area contributed by atoms with Gasteiger partial charge in [0, 0.05) is 30.4 Å². The van der Waals surface area contributed by atoms with Crippen molar-refractivity contribution < 1.29 is 26.8 Å². The SMILES string of the molecule is CS(=O)(=O)Nc1ccc(NC(=O)C2CC(=O)N(c3ccc(F)cc3F)C2)cc1. The number of benzene rings is 2. The second-order valence-electron chi connectivity index (χ2n) is 6.44. The molecule has 1 aliphatic rings. The van der Waals surface area contributed by atoms with E-state index in [0.29, 0.717) is 17.4 Å². The van der Waals surface area contributed by atoms with Crippen molar-refractivity contribution in [3.05, 3.63) is 54.1 Å². The Hall–Kier alpha value is -3.01. The van der Waals surface area contributed by atoms with Crippen molar-refractivity contribution in [1.29, 1.82) is 0 Å². The number of nitrogens with zero attached hydrogens (tertiary/aromatic N) is 1. The van der Waals surface area contributed by atoms with Crippen LogP contribution in [-0.4, -0.2) is 33.0 Å². The van der Waals surface area contributed by atoms with Crippen molar-refractivity contribution in [2.24, 2.45) is 5.92 Å². The normalized spacial score (nSPS) is 16.9. The van der Waals surface area contributed by atoms with Crippen LogP contribution in [0.1, 0.15) is 6.42 Å². The number of nitrogens with one attached hydrogen (secondary N) is 2. The summed E-state index contributed by atoms with van der Waals surface area (Å²) in [6.45, 7) is -0.0268. The Morgan fingerprint density at radius 2 is 1.75 bits per heavy atom. The van der Waals surface area contributed by atoms with Crippen molar-refractivity contribution in [3.8, 4) is 0 Å². The first-order valence-electron chi connectivity index (χ1n) is 8.26. The van der Waals surface area contributed by atoms with E-state index in [2.05, 4.69) is 10.0 Å². The molecule has 0 radical (unpaired) electrons. The summed E-state index contributed by atoms with van der Waals surface area (Å²) in [7, 11) is -3.41. The van der Waals surface area contributed by atoms with Gasteiger partial charge in [-0.25, -0.2) is 17.2 Å². The zero-order valence-corrected chi connectivity index (χ0v) is 15.6. The van der Waals surface area contributed by atoms with Gasteiger partial charge in [0.05, 0.1) is 17.9 Å². The Morgan fingerprint density at radius 1 is 1.11 bits per heavy atom. The van der Waals surface area contributed by atoms with Crippen LogP contribution in [0.15, 0.2) is 42.5 Å². The van der Waals surface area contributed by atoms with Crippen LogP contribution in [0.4, 0.5) is 25.8 Å². The Bertz CT molecular complexity index is 1030. The number of hydrogen-bond acceptors (Lipinski definition) is 4. The Morgan fingerprint density at radius 3 is 2.36 bits per heavy atom. The molecule has 28 heavy (non-hydrogen) atoms. The topological polar surface area (TPSA) is 95.6 Å². The number of amides is 2. The lowest BCUT2D eigenvalue weighted by atomic mass is 10.1. The molecule has 1 aliphatic heterocycles. The van der Waals surface area contributed by atoms with Gasteiger partial charge in [0.15, 0.2) is 0 Å². The number of carbonyl (C=O) groups is 2. The molecule has 0 saturated carbocycles. The van der Waals surface area contributed by atoms with E-state index in [1.807, 2.05) is 0 Å². The summed E-state index contributed by atoms with van der Waals surface area (Å²) in [5.74, 6) is -3.19. The molecule has 1 heterocycles. The predicted molar refractivity (Wildman–Crippen MR) is 100 cm³/mol. The molecule has 0 bridgehead atoms. The molecule has 148 valence electrons. The van der Waals surface area contributed by atoms with Gasteiger partial charge in [-0.15, -0.1) is 0 Å². The highest BCUT2D eigenvalue weighted by molar-refractivity contribution is 7.92. The number of halogens is 2. The van der Waals surface area contributed by atoms with Crippen LogP contribution in [0.5, 0.6) is 0 Å². The minimum atomic E-state index is -3.41. The maximum atomic E-state index is 13.9. The largest absolute Gasteiger partial charge is 0.326 e. The molecule has 0 aliphatic carbocycles. The lowest BCUT2D eigenvalue weighted by molar-refractivity contribution is -0.122. The van der Waals surface area contributed by atoms with E-state index in [4.69, 9.17) is 0 Å². The van der Waals surface area contributed by atoms with Crippen molar-refractivity contribution in [1.82, 2.24) is 0 Å². The third-order valence-electron chi connectivity index (χ3n) is 4.15. The Kier molecular flexibility index (Phi) is 5.32. The molecule has 0 aromatic heterocycles. The lowest BCUT2D eigenvalue weighted by Gasteiger charge is -2.17. The third kappa shape index (κ3) is 4.63.